The van der Waals surface area contributed by atoms with Gasteiger partial charge in [0.1, 0.15) is 0 Å². The summed E-state index contributed by atoms with van der Waals surface area (Å²) >= 11 is 11.4. The Balaban J connectivity index is 2.80. The Hall–Kier alpha value is -0.380. The van der Waals surface area contributed by atoms with Crippen molar-refractivity contribution in [3.8, 4) is 0 Å². The van der Waals surface area contributed by atoms with Crippen molar-refractivity contribution < 1.29 is 8.78 Å². The van der Waals surface area contributed by atoms with Crippen LogP contribution in [0, 0.1) is 0 Å². The Kier molecular flexibility index (Phi) is 4.11. The molecule has 0 fully saturated rings. The summed E-state index contributed by atoms with van der Waals surface area (Å²) in [4.78, 5) is 0. The highest BCUT2D eigenvalue weighted by atomic mass is 35.5. The largest absolute Gasteiger partial charge is 0.324 e. The molecule has 0 unspecified atom stereocenters. The van der Waals surface area contributed by atoms with Gasteiger partial charge >= 0.3 is 0 Å². The molecule has 0 saturated carbocycles. The van der Waals surface area contributed by atoms with E-state index in [1.54, 1.807) is 12.1 Å². The number of benzene rings is 1. The third-order valence-electron chi connectivity index (χ3n) is 1.80. The molecule has 0 bridgehead atoms. The van der Waals surface area contributed by atoms with Gasteiger partial charge in [0.15, 0.2) is 0 Å². The monoisotopic (exact) mass is 239 g/mol. The Bertz CT molecular complexity index is 318. The van der Waals surface area contributed by atoms with Crippen molar-refractivity contribution >= 4 is 23.2 Å². The molecular weight excluding hydrogens is 231 g/mol. The number of rotatable bonds is 3. The SMILES string of the molecule is N[C@H](CC(F)F)c1ccc(Cl)c(Cl)c1. The first kappa shape index (κ1) is 11.7. The number of halogens is 4. The number of alkyl halides is 2. The third kappa shape index (κ3) is 3.08. The van der Waals surface area contributed by atoms with E-state index in [2.05, 4.69) is 0 Å². The lowest BCUT2D eigenvalue weighted by molar-refractivity contribution is 0.128. The van der Waals surface area contributed by atoms with Gasteiger partial charge in [-0.05, 0) is 17.7 Å². The fraction of sp³-hybridized carbons (Fsp3) is 0.333. The summed E-state index contributed by atoms with van der Waals surface area (Å²) in [5.41, 5.74) is 6.10. The summed E-state index contributed by atoms with van der Waals surface area (Å²) in [6, 6.07) is 3.95. The molecule has 0 saturated heterocycles. The molecule has 78 valence electrons. The van der Waals surface area contributed by atoms with Crippen LogP contribution in [0.3, 0.4) is 0 Å². The van der Waals surface area contributed by atoms with Gasteiger partial charge in [0, 0.05) is 12.5 Å². The van der Waals surface area contributed by atoms with Gasteiger partial charge in [-0.3, -0.25) is 0 Å². The Labute approximate surface area is 90.8 Å². The van der Waals surface area contributed by atoms with Gasteiger partial charge in [0.2, 0.25) is 6.43 Å². The van der Waals surface area contributed by atoms with Crippen LogP contribution in [0.4, 0.5) is 8.78 Å². The molecule has 0 aliphatic heterocycles. The van der Waals surface area contributed by atoms with Crippen molar-refractivity contribution in [3.63, 3.8) is 0 Å². The van der Waals surface area contributed by atoms with Crippen LogP contribution >= 0.6 is 23.2 Å². The highest BCUT2D eigenvalue weighted by Gasteiger charge is 2.13. The first-order valence-corrected chi connectivity index (χ1v) is 4.75. The van der Waals surface area contributed by atoms with Crippen molar-refractivity contribution in [2.75, 3.05) is 0 Å². The first-order chi connectivity index (χ1) is 6.50. The Morgan fingerprint density at radius 3 is 2.36 bits per heavy atom. The van der Waals surface area contributed by atoms with E-state index in [0.717, 1.165) is 0 Å². The molecule has 2 N–H and O–H groups in total. The van der Waals surface area contributed by atoms with Gasteiger partial charge in [0.05, 0.1) is 10.0 Å². The van der Waals surface area contributed by atoms with Gasteiger partial charge in [0.25, 0.3) is 0 Å². The zero-order valence-corrected chi connectivity index (χ0v) is 8.69. The van der Waals surface area contributed by atoms with Crippen LogP contribution < -0.4 is 5.73 Å². The molecule has 0 aromatic heterocycles. The van der Waals surface area contributed by atoms with E-state index in [1.165, 1.54) is 6.07 Å². The van der Waals surface area contributed by atoms with Gasteiger partial charge < -0.3 is 5.73 Å². The van der Waals surface area contributed by atoms with Crippen LogP contribution in [0.5, 0.6) is 0 Å². The molecule has 1 rings (SSSR count). The second kappa shape index (κ2) is 4.91. The minimum atomic E-state index is -2.42. The van der Waals surface area contributed by atoms with E-state index in [4.69, 9.17) is 28.9 Å². The average molecular weight is 240 g/mol. The van der Waals surface area contributed by atoms with Crippen LogP contribution in [-0.2, 0) is 0 Å². The zero-order valence-electron chi connectivity index (χ0n) is 7.18. The highest BCUT2D eigenvalue weighted by Crippen LogP contribution is 2.26. The van der Waals surface area contributed by atoms with E-state index in [1.807, 2.05) is 0 Å². The fourth-order valence-corrected chi connectivity index (χ4v) is 1.38. The molecule has 5 heteroatoms. The normalized spacial score (nSPS) is 13.3. The standard InChI is InChI=1S/C9H9Cl2F2N/c10-6-2-1-5(3-7(6)11)8(14)4-9(12)13/h1-3,8-9H,4,14H2/t8-/m1/s1. The quantitative estimate of drug-likeness (QED) is 0.857. The maximum Gasteiger partial charge on any atom is 0.240 e. The van der Waals surface area contributed by atoms with Crippen LogP contribution in [0.2, 0.25) is 10.0 Å². The van der Waals surface area contributed by atoms with Crippen LogP contribution in [0.1, 0.15) is 18.0 Å². The lowest BCUT2D eigenvalue weighted by Gasteiger charge is -2.11. The predicted octanol–water partition coefficient (Wildman–Crippen LogP) is 3.65. The molecule has 0 aliphatic rings. The van der Waals surface area contributed by atoms with Gasteiger partial charge in [-0.1, -0.05) is 29.3 Å². The van der Waals surface area contributed by atoms with Crippen LogP contribution in [-0.4, -0.2) is 6.43 Å². The van der Waals surface area contributed by atoms with Crippen LogP contribution in [0.15, 0.2) is 18.2 Å². The third-order valence-corrected chi connectivity index (χ3v) is 2.54. The van der Waals surface area contributed by atoms with Crippen molar-refractivity contribution in [2.45, 2.75) is 18.9 Å². The van der Waals surface area contributed by atoms with Crippen molar-refractivity contribution in [1.29, 1.82) is 0 Å². The molecule has 1 atom stereocenters. The predicted molar refractivity (Wildman–Crippen MR) is 54.0 cm³/mol. The summed E-state index contributed by atoms with van der Waals surface area (Å²) in [5.74, 6) is 0. The maximum atomic E-state index is 12.0. The fourth-order valence-electron chi connectivity index (χ4n) is 1.07. The smallest absolute Gasteiger partial charge is 0.240 e. The molecular formula is C9H9Cl2F2N. The Morgan fingerprint density at radius 2 is 1.86 bits per heavy atom. The lowest BCUT2D eigenvalue weighted by Crippen LogP contribution is -2.13. The molecule has 0 amide bonds. The summed E-state index contributed by atoms with van der Waals surface area (Å²) in [6.07, 6.45) is -2.79. The number of hydrogen-bond donors (Lipinski definition) is 1. The molecule has 1 aromatic carbocycles. The first-order valence-electron chi connectivity index (χ1n) is 3.99. The topological polar surface area (TPSA) is 26.0 Å². The summed E-state index contributed by atoms with van der Waals surface area (Å²) in [5, 5.41) is 0.716. The zero-order chi connectivity index (χ0) is 10.7. The summed E-state index contributed by atoms with van der Waals surface area (Å²) in [6.45, 7) is 0. The second-order valence-corrected chi connectivity index (χ2v) is 3.72. The second-order valence-electron chi connectivity index (χ2n) is 2.91. The molecule has 1 aromatic rings. The highest BCUT2D eigenvalue weighted by molar-refractivity contribution is 6.42. The Morgan fingerprint density at radius 1 is 1.21 bits per heavy atom. The molecule has 0 radical (unpaired) electrons. The van der Waals surface area contributed by atoms with E-state index >= 15 is 0 Å². The van der Waals surface area contributed by atoms with Crippen molar-refractivity contribution in [2.24, 2.45) is 5.73 Å². The van der Waals surface area contributed by atoms with E-state index < -0.39 is 12.5 Å². The minimum Gasteiger partial charge on any atom is -0.324 e. The number of hydrogen-bond acceptors (Lipinski definition) is 1. The summed E-state index contributed by atoms with van der Waals surface area (Å²) in [7, 11) is 0. The van der Waals surface area contributed by atoms with Crippen molar-refractivity contribution in [3.05, 3.63) is 33.8 Å². The maximum absolute atomic E-state index is 12.0. The van der Waals surface area contributed by atoms with Crippen molar-refractivity contribution in [1.82, 2.24) is 0 Å². The van der Waals surface area contributed by atoms with Gasteiger partial charge in [-0.2, -0.15) is 0 Å². The molecule has 0 spiro atoms. The molecule has 0 aliphatic carbocycles. The van der Waals surface area contributed by atoms with E-state index in [0.29, 0.717) is 15.6 Å². The van der Waals surface area contributed by atoms with E-state index in [9.17, 15) is 8.78 Å². The summed E-state index contributed by atoms with van der Waals surface area (Å²) < 4.78 is 24.0. The van der Waals surface area contributed by atoms with Gasteiger partial charge in [-0.15, -0.1) is 0 Å². The van der Waals surface area contributed by atoms with Crippen LogP contribution in [0.25, 0.3) is 0 Å². The molecule has 0 heterocycles. The molecule has 1 nitrogen and oxygen atoms in total. The minimum absolute atomic E-state index is 0.328. The number of nitrogens with two attached hydrogens (primary N) is 1. The average Bonchev–Trinajstić information content (AvgIpc) is 2.08. The van der Waals surface area contributed by atoms with E-state index in [-0.39, 0.29) is 6.42 Å². The lowest BCUT2D eigenvalue weighted by atomic mass is 10.1. The van der Waals surface area contributed by atoms with Gasteiger partial charge in [-0.25, -0.2) is 8.78 Å². The molecule has 14 heavy (non-hydrogen) atoms.